The second-order valence-electron chi connectivity index (χ2n) is 9.39. The lowest BCUT2D eigenvalue weighted by atomic mass is 9.89. The zero-order valence-electron chi connectivity index (χ0n) is 20.0. The van der Waals surface area contributed by atoms with Crippen LogP contribution in [0.2, 0.25) is 0 Å². The highest BCUT2D eigenvalue weighted by Gasteiger charge is 2.49. The number of hydrogen-bond donors (Lipinski definition) is 1. The van der Waals surface area contributed by atoms with Gasteiger partial charge in [-0.3, -0.25) is 24.9 Å². The van der Waals surface area contributed by atoms with Gasteiger partial charge in [-0.1, -0.05) is 30.3 Å². The minimum Gasteiger partial charge on any atom is -0.464 e. The Kier molecular flexibility index (Phi) is 4.82. The fourth-order valence-corrected chi connectivity index (χ4v) is 5.78. The van der Waals surface area contributed by atoms with Crippen LogP contribution in [-0.4, -0.2) is 47.0 Å². The van der Waals surface area contributed by atoms with Crippen molar-refractivity contribution in [2.24, 2.45) is 4.99 Å². The van der Waals surface area contributed by atoms with Crippen LogP contribution >= 0.6 is 0 Å². The van der Waals surface area contributed by atoms with Crippen molar-refractivity contribution in [3.05, 3.63) is 101 Å². The topological polar surface area (TPSA) is 115 Å². The molecule has 1 N–H and O–H groups in total. The number of carbonyl (C=O) groups is 3. The summed E-state index contributed by atoms with van der Waals surface area (Å²) in [6.45, 7) is 0.843. The zero-order chi connectivity index (χ0) is 25.9. The molecule has 9 heteroatoms. The van der Waals surface area contributed by atoms with E-state index in [1.54, 1.807) is 30.8 Å². The fraction of sp³-hybridized carbons (Fsp3) is 0.103. The molecule has 2 aromatic carbocycles. The van der Waals surface area contributed by atoms with Crippen LogP contribution in [-0.2, 0) is 16.0 Å². The van der Waals surface area contributed by atoms with Gasteiger partial charge in [0.25, 0.3) is 11.8 Å². The second kappa shape index (κ2) is 8.25. The second-order valence-corrected chi connectivity index (χ2v) is 9.39. The molecule has 3 amide bonds. The van der Waals surface area contributed by atoms with E-state index in [2.05, 4.69) is 20.3 Å². The van der Waals surface area contributed by atoms with Crippen molar-refractivity contribution < 1.29 is 18.8 Å². The summed E-state index contributed by atoms with van der Waals surface area (Å²) in [6, 6.07) is 13.0. The van der Waals surface area contributed by atoms with Crippen LogP contribution in [0, 0.1) is 0 Å². The van der Waals surface area contributed by atoms with Crippen LogP contribution in [0.15, 0.2) is 88.5 Å². The van der Waals surface area contributed by atoms with E-state index in [1.807, 2.05) is 30.3 Å². The average Bonchev–Trinajstić information content (AvgIpc) is 3.64. The average molecular weight is 503 g/mol. The lowest BCUT2D eigenvalue weighted by molar-refractivity contribution is -0.123. The van der Waals surface area contributed by atoms with E-state index in [0.29, 0.717) is 41.8 Å². The van der Waals surface area contributed by atoms with Crippen LogP contribution in [0.1, 0.15) is 27.2 Å². The highest BCUT2D eigenvalue weighted by Crippen LogP contribution is 2.46. The first-order chi connectivity index (χ1) is 18.6. The van der Waals surface area contributed by atoms with Crippen LogP contribution in [0.5, 0.6) is 0 Å². The predicted molar refractivity (Wildman–Crippen MR) is 141 cm³/mol. The minimum absolute atomic E-state index is 0.0308. The quantitative estimate of drug-likeness (QED) is 0.339. The molecule has 3 aliphatic rings. The van der Waals surface area contributed by atoms with Gasteiger partial charge >= 0.3 is 5.91 Å². The third-order valence-corrected chi connectivity index (χ3v) is 7.42. The van der Waals surface area contributed by atoms with E-state index in [4.69, 9.17) is 4.42 Å². The monoisotopic (exact) mass is 502 g/mol. The first-order valence-corrected chi connectivity index (χ1v) is 12.2. The van der Waals surface area contributed by atoms with Gasteiger partial charge in [0, 0.05) is 52.7 Å². The van der Waals surface area contributed by atoms with Crippen molar-refractivity contribution in [2.75, 3.05) is 13.1 Å². The van der Waals surface area contributed by atoms with Crippen molar-refractivity contribution in [1.82, 2.24) is 19.8 Å². The van der Waals surface area contributed by atoms with E-state index < -0.39 is 11.8 Å². The molecule has 184 valence electrons. The predicted octanol–water partition coefficient (Wildman–Crippen LogP) is 3.46. The minimum atomic E-state index is -0.524. The molecule has 7 rings (SSSR count). The summed E-state index contributed by atoms with van der Waals surface area (Å²) in [5.41, 5.74) is 4.64. The number of nitrogens with zero attached hydrogens (tertiary/aromatic N) is 4. The molecule has 0 radical (unpaired) electrons. The van der Waals surface area contributed by atoms with Crippen molar-refractivity contribution in [1.29, 1.82) is 0 Å². The zero-order valence-corrected chi connectivity index (χ0v) is 20.0. The van der Waals surface area contributed by atoms with Gasteiger partial charge in [0.2, 0.25) is 0 Å². The number of aliphatic imine (C=N–C) groups is 1. The van der Waals surface area contributed by atoms with Gasteiger partial charge in [0.05, 0.1) is 36.4 Å². The summed E-state index contributed by atoms with van der Waals surface area (Å²) < 4.78 is 5.67. The fourth-order valence-electron chi connectivity index (χ4n) is 5.78. The molecule has 4 aromatic rings. The van der Waals surface area contributed by atoms with Crippen molar-refractivity contribution >= 4 is 51.7 Å². The van der Waals surface area contributed by atoms with E-state index in [-0.39, 0.29) is 27.2 Å². The molecule has 0 spiro atoms. The molecule has 1 atom stereocenters. The maximum Gasteiger partial charge on any atom is 0.371 e. The molecule has 3 aliphatic heterocycles. The lowest BCUT2D eigenvalue weighted by Gasteiger charge is -2.32. The number of nitrogens with one attached hydrogen (secondary N) is 1. The van der Waals surface area contributed by atoms with E-state index in [1.165, 1.54) is 18.6 Å². The number of quaternary nitrogens is 1. The van der Waals surface area contributed by atoms with Gasteiger partial charge in [-0.05, 0) is 12.1 Å². The van der Waals surface area contributed by atoms with E-state index >= 15 is 0 Å². The molecule has 0 aliphatic carbocycles. The molecule has 5 heterocycles. The van der Waals surface area contributed by atoms with E-state index in [0.717, 1.165) is 16.6 Å². The Morgan fingerprint density at radius 2 is 1.82 bits per heavy atom. The van der Waals surface area contributed by atoms with Gasteiger partial charge in [-0.15, -0.1) is 0 Å². The smallest absolute Gasteiger partial charge is 0.371 e. The number of fused-ring (bicyclic) bond motifs is 1. The normalized spacial score (nSPS) is 20.3. The van der Waals surface area contributed by atoms with Crippen molar-refractivity contribution in [3.63, 3.8) is 0 Å². The standard InChI is InChI=1S/C29H19N5O4/c35-27-23(20-6-2-4-18-8-14-38-26(18)20)24(28(36)33-27)21-15-31-11-13-34(29(37)22-16-30-9-10-32-22)12-7-17-3-1-5-19(21)25(17)34/h1-6,8-11,14-16H,7,12-13H2/p+1. The number of imide groups is 1. The molecule has 0 fully saturated rings. The number of hydrogen-bond acceptors (Lipinski definition) is 7. The number of carbonyl (C=O) groups excluding carboxylic acids is 3. The third-order valence-electron chi connectivity index (χ3n) is 7.42. The first kappa shape index (κ1) is 22.2. The largest absolute Gasteiger partial charge is 0.464 e. The van der Waals surface area contributed by atoms with Crippen molar-refractivity contribution in [3.8, 4) is 0 Å². The Morgan fingerprint density at radius 3 is 2.68 bits per heavy atom. The number of benzene rings is 2. The Labute approximate surface area is 216 Å². The SMILES string of the molecule is O=C1NC(=O)C(c2cccc3ccoc23)=C1C1=CN=CC[N+]2(C(=O)c3cnccn3)CCc3cccc1c32. The van der Waals surface area contributed by atoms with Gasteiger partial charge < -0.3 is 4.42 Å². The van der Waals surface area contributed by atoms with Crippen molar-refractivity contribution in [2.45, 2.75) is 6.42 Å². The highest BCUT2D eigenvalue weighted by atomic mass is 16.3. The van der Waals surface area contributed by atoms with Gasteiger partial charge in [0.15, 0.2) is 11.4 Å². The molecule has 2 aromatic heterocycles. The first-order valence-electron chi connectivity index (χ1n) is 12.2. The Balaban J connectivity index is 1.49. The van der Waals surface area contributed by atoms with Gasteiger partial charge in [-0.2, -0.15) is 0 Å². The van der Waals surface area contributed by atoms with Crippen LogP contribution in [0.3, 0.4) is 0 Å². The Morgan fingerprint density at radius 1 is 0.974 bits per heavy atom. The molecule has 9 nitrogen and oxygen atoms in total. The number of furan rings is 1. The molecule has 38 heavy (non-hydrogen) atoms. The molecule has 1 unspecified atom stereocenters. The lowest BCUT2D eigenvalue weighted by Crippen LogP contribution is -2.55. The summed E-state index contributed by atoms with van der Waals surface area (Å²) >= 11 is 0. The molecular formula is C29H20N5O4+. The summed E-state index contributed by atoms with van der Waals surface area (Å²) in [7, 11) is 0. The number of amides is 3. The molecule has 0 saturated heterocycles. The number of rotatable bonds is 3. The maximum absolute atomic E-state index is 14.0. The van der Waals surface area contributed by atoms with Crippen LogP contribution in [0.25, 0.3) is 22.1 Å². The van der Waals surface area contributed by atoms with Crippen LogP contribution < -0.4 is 9.80 Å². The van der Waals surface area contributed by atoms with E-state index in [9.17, 15) is 14.4 Å². The van der Waals surface area contributed by atoms with Crippen LogP contribution in [0.4, 0.5) is 5.69 Å². The molecule has 0 saturated carbocycles. The Bertz CT molecular complexity index is 1780. The summed E-state index contributed by atoms with van der Waals surface area (Å²) in [6.07, 6.45) is 10.00. The summed E-state index contributed by atoms with van der Waals surface area (Å²) in [4.78, 5) is 53.4. The molecule has 0 bridgehead atoms. The molecular weight excluding hydrogens is 482 g/mol. The summed E-state index contributed by atoms with van der Waals surface area (Å²) in [5, 5.41) is 3.28. The maximum atomic E-state index is 14.0. The highest BCUT2D eigenvalue weighted by molar-refractivity contribution is 6.41. The third kappa shape index (κ3) is 3.09. The summed E-state index contributed by atoms with van der Waals surface area (Å²) in [5.74, 6) is -1.23. The number of para-hydroxylation sites is 2. The van der Waals surface area contributed by atoms with Gasteiger partial charge in [-0.25, -0.2) is 14.3 Å². The Hall–Kier alpha value is -5.02. The number of aromatic nitrogens is 2. The van der Waals surface area contributed by atoms with Gasteiger partial charge in [0.1, 0.15) is 12.1 Å².